The molecule has 1 spiro atoms. The molecule has 6 atom stereocenters. The van der Waals surface area contributed by atoms with Crippen LogP contribution >= 0.6 is 0 Å². The van der Waals surface area contributed by atoms with Crippen molar-refractivity contribution < 1.29 is 24.2 Å². The van der Waals surface area contributed by atoms with E-state index in [1.54, 1.807) is 22.0 Å². The van der Waals surface area contributed by atoms with E-state index in [2.05, 4.69) is 47.8 Å². The number of aliphatic hydroxyl groups is 1. The molecule has 8 heteroatoms. The first-order valence-electron chi connectivity index (χ1n) is 17.5. The van der Waals surface area contributed by atoms with E-state index >= 15 is 4.79 Å². The largest absolute Gasteiger partial charge is 0.394 e. The van der Waals surface area contributed by atoms with E-state index in [-0.39, 0.29) is 35.7 Å². The molecule has 1 aromatic carbocycles. The van der Waals surface area contributed by atoms with Gasteiger partial charge < -0.3 is 24.5 Å². The molecule has 4 rings (SSSR count). The second-order valence-electron chi connectivity index (χ2n) is 16.3. The predicted octanol–water partition coefficient (Wildman–Crippen LogP) is 5.99. The number of carbonyl (C=O) groups excluding carboxylic acids is 3. The van der Waals surface area contributed by atoms with Gasteiger partial charge in [-0.05, 0) is 62.8 Å². The van der Waals surface area contributed by atoms with Crippen LogP contribution in [0.4, 0.5) is 0 Å². The number of ether oxygens (including phenoxy) is 1. The van der Waals surface area contributed by atoms with Crippen LogP contribution < -0.4 is 0 Å². The van der Waals surface area contributed by atoms with E-state index in [1.807, 2.05) is 56.0 Å². The van der Waals surface area contributed by atoms with Gasteiger partial charge in [-0.1, -0.05) is 84.0 Å². The van der Waals surface area contributed by atoms with Gasteiger partial charge >= 0.3 is 0 Å². The highest BCUT2D eigenvalue weighted by Gasteiger charge is 2.79. The molecule has 3 aliphatic heterocycles. The number of aliphatic hydroxyl groups excluding tert-OH is 1. The fraction of sp³-hybridized carbons (Fsp3) is 0.667. The molecule has 3 amide bonds. The highest BCUT2D eigenvalue weighted by molar-refractivity contribution is 5.99. The summed E-state index contributed by atoms with van der Waals surface area (Å²) in [6.45, 7) is 25.3. The number of hydrogen-bond acceptors (Lipinski definition) is 5. The number of rotatable bonds is 15. The Balaban J connectivity index is 1.87. The van der Waals surface area contributed by atoms with Crippen LogP contribution in [0, 0.1) is 23.2 Å². The molecule has 3 fully saturated rings. The lowest BCUT2D eigenvalue weighted by Gasteiger charge is -2.46. The van der Waals surface area contributed by atoms with E-state index in [4.69, 9.17) is 4.74 Å². The fourth-order valence-corrected chi connectivity index (χ4v) is 9.22. The van der Waals surface area contributed by atoms with E-state index < -0.39 is 40.7 Å². The summed E-state index contributed by atoms with van der Waals surface area (Å²) in [4.78, 5) is 50.3. The third-order valence-corrected chi connectivity index (χ3v) is 10.6. The van der Waals surface area contributed by atoms with Crippen LogP contribution in [-0.2, 0) is 25.7 Å². The normalized spacial score (nSPS) is 27.6. The van der Waals surface area contributed by atoms with E-state index in [0.29, 0.717) is 45.3 Å². The Morgan fingerprint density at radius 1 is 1.06 bits per heavy atom. The maximum absolute atomic E-state index is 15.2. The summed E-state index contributed by atoms with van der Waals surface area (Å²) < 4.78 is 7.12. The molecule has 1 N–H and O–H groups in total. The second-order valence-corrected chi connectivity index (χ2v) is 16.3. The van der Waals surface area contributed by atoms with Gasteiger partial charge in [-0.2, -0.15) is 0 Å². The van der Waals surface area contributed by atoms with Gasteiger partial charge in [-0.25, -0.2) is 0 Å². The van der Waals surface area contributed by atoms with Crippen molar-refractivity contribution in [2.24, 2.45) is 23.2 Å². The van der Waals surface area contributed by atoms with Crippen LogP contribution in [0.15, 0.2) is 55.6 Å². The minimum absolute atomic E-state index is 0.0695. The molecule has 3 saturated heterocycles. The van der Waals surface area contributed by atoms with Crippen molar-refractivity contribution in [2.45, 2.75) is 123 Å². The van der Waals surface area contributed by atoms with Crippen LogP contribution in [0.5, 0.6) is 0 Å². The van der Waals surface area contributed by atoms with Crippen LogP contribution in [0.3, 0.4) is 0 Å². The van der Waals surface area contributed by atoms with Gasteiger partial charge in [0, 0.05) is 25.2 Å². The van der Waals surface area contributed by atoms with Gasteiger partial charge in [-0.15, -0.1) is 13.2 Å². The smallest absolute Gasteiger partial charge is 0.249 e. The molecule has 1 aromatic rings. The number of fused-ring (bicyclic) bond motifs is 1. The number of benzene rings is 1. The molecule has 0 radical (unpaired) electrons. The Kier molecular flexibility index (Phi) is 10.9. The maximum atomic E-state index is 15.2. The molecule has 0 aliphatic carbocycles. The highest BCUT2D eigenvalue weighted by Crippen LogP contribution is 2.65. The van der Waals surface area contributed by atoms with Crippen LogP contribution in [0.25, 0.3) is 0 Å². The van der Waals surface area contributed by atoms with E-state index in [1.165, 1.54) is 0 Å². The summed E-state index contributed by atoms with van der Waals surface area (Å²) in [5.74, 6) is -2.04. The van der Waals surface area contributed by atoms with Crippen molar-refractivity contribution in [1.82, 2.24) is 14.7 Å². The zero-order valence-electron chi connectivity index (χ0n) is 30.1. The molecular weight excluding hydrogens is 590 g/mol. The molecule has 0 aromatic heterocycles. The van der Waals surface area contributed by atoms with Gasteiger partial charge in [0.05, 0.1) is 30.1 Å². The number of nitrogens with zero attached hydrogens (tertiary/aromatic N) is 3. The number of carbonyl (C=O) groups is 3. The van der Waals surface area contributed by atoms with Gasteiger partial charge in [-0.3, -0.25) is 14.4 Å². The van der Waals surface area contributed by atoms with Crippen LogP contribution in [-0.4, -0.2) is 86.0 Å². The van der Waals surface area contributed by atoms with E-state index in [9.17, 15) is 14.7 Å². The van der Waals surface area contributed by atoms with E-state index in [0.717, 1.165) is 12.0 Å². The van der Waals surface area contributed by atoms with Crippen molar-refractivity contribution in [1.29, 1.82) is 0 Å². The molecule has 260 valence electrons. The van der Waals surface area contributed by atoms with Crippen LogP contribution in [0.2, 0.25) is 0 Å². The van der Waals surface area contributed by atoms with Crippen molar-refractivity contribution in [3.8, 4) is 0 Å². The first-order valence-corrected chi connectivity index (χ1v) is 17.5. The molecule has 3 heterocycles. The SMILES string of the molecule is C=CCN(Cc1ccccc1)C(=O)[C@@H]1[C@H]2C(=O)N([C@@H](CO)CC(C)C)C(C(=O)N(CC=C)C(C)(C)CC(C)(C)C)C23CC[C@@]1(CC)O3. The first-order chi connectivity index (χ1) is 22.0. The van der Waals surface area contributed by atoms with Crippen molar-refractivity contribution in [2.75, 3.05) is 19.7 Å². The number of likely N-dealkylation sites (tertiary alicyclic amines) is 1. The third-order valence-electron chi connectivity index (χ3n) is 10.6. The summed E-state index contributed by atoms with van der Waals surface area (Å²) in [7, 11) is 0. The Morgan fingerprint density at radius 3 is 2.23 bits per heavy atom. The molecule has 3 aliphatic rings. The topological polar surface area (TPSA) is 90.4 Å². The lowest BCUT2D eigenvalue weighted by molar-refractivity contribution is -0.161. The quantitative estimate of drug-likeness (QED) is 0.236. The minimum atomic E-state index is -1.18. The van der Waals surface area contributed by atoms with Gasteiger partial charge in [0.1, 0.15) is 11.6 Å². The molecule has 2 unspecified atom stereocenters. The zero-order valence-corrected chi connectivity index (χ0v) is 30.1. The van der Waals surface area contributed by atoms with Crippen molar-refractivity contribution in [3.63, 3.8) is 0 Å². The Hall–Kier alpha value is -2.97. The lowest BCUT2D eigenvalue weighted by atomic mass is 9.64. The highest BCUT2D eigenvalue weighted by atomic mass is 16.5. The Morgan fingerprint density at radius 2 is 1.70 bits per heavy atom. The molecule has 47 heavy (non-hydrogen) atoms. The average molecular weight is 650 g/mol. The van der Waals surface area contributed by atoms with Gasteiger partial charge in [0.2, 0.25) is 17.7 Å². The molecular formula is C39H59N3O5. The van der Waals surface area contributed by atoms with Crippen LogP contribution in [0.1, 0.15) is 93.1 Å². The second kappa shape index (κ2) is 13.9. The molecule has 0 saturated carbocycles. The summed E-state index contributed by atoms with van der Waals surface area (Å²) in [6.07, 6.45) is 6.32. The number of hydrogen-bond donors (Lipinski definition) is 1. The monoisotopic (exact) mass is 649 g/mol. The van der Waals surface area contributed by atoms with Crippen molar-refractivity contribution >= 4 is 17.7 Å². The summed E-state index contributed by atoms with van der Waals surface area (Å²) in [5.41, 5.74) is -1.70. The summed E-state index contributed by atoms with van der Waals surface area (Å²) in [6, 6.07) is 8.26. The van der Waals surface area contributed by atoms with Gasteiger partial charge in [0.25, 0.3) is 0 Å². The number of amides is 3. The lowest BCUT2D eigenvalue weighted by Crippen LogP contribution is -2.62. The minimum Gasteiger partial charge on any atom is -0.394 e. The third kappa shape index (κ3) is 6.82. The maximum Gasteiger partial charge on any atom is 0.249 e. The molecule has 2 bridgehead atoms. The Bertz CT molecular complexity index is 1320. The zero-order chi connectivity index (χ0) is 34.9. The first kappa shape index (κ1) is 36.9. The standard InChI is InChI=1S/C39H59N3O5/c1-11-21-40(24-28-17-15-14-16-18-28)33(44)30-31-34(45)42(29(25-43)23-27(4)5)32(39(31)20-19-38(30,13-3)47-39)35(46)41(22-12-2)37(9,10)26-36(6,7)8/h11-12,14-18,27,29-32,43H,1-2,13,19-26H2,3-10H3/t29-,30+,31+,32?,38-,39?/m1/s1. The Labute approximate surface area is 283 Å². The average Bonchev–Trinajstić information content (AvgIpc) is 3.60. The summed E-state index contributed by atoms with van der Waals surface area (Å²) >= 11 is 0. The van der Waals surface area contributed by atoms with Crippen molar-refractivity contribution in [3.05, 3.63) is 61.2 Å². The van der Waals surface area contributed by atoms with Gasteiger partial charge in [0.15, 0.2) is 0 Å². The fourth-order valence-electron chi connectivity index (χ4n) is 9.22. The molecule has 8 nitrogen and oxygen atoms in total. The summed E-state index contributed by atoms with van der Waals surface area (Å²) in [5, 5.41) is 10.8. The predicted molar refractivity (Wildman–Crippen MR) is 186 cm³/mol.